The molecule has 1 aliphatic carbocycles. The largest absolute Gasteiger partial charge is 0.389 e. The van der Waals surface area contributed by atoms with Crippen LogP contribution in [0.15, 0.2) is 30.3 Å². The summed E-state index contributed by atoms with van der Waals surface area (Å²) in [6.07, 6.45) is 2.03. The van der Waals surface area contributed by atoms with Gasteiger partial charge in [0.15, 0.2) is 0 Å². The predicted molar refractivity (Wildman–Crippen MR) is 68.8 cm³/mol. The Morgan fingerprint density at radius 1 is 1.28 bits per heavy atom. The lowest BCUT2D eigenvalue weighted by Crippen LogP contribution is -2.30. The number of aliphatic hydroxyl groups is 1. The molecule has 0 heterocycles. The van der Waals surface area contributed by atoms with Gasteiger partial charge in [-0.3, -0.25) is 4.84 Å². The van der Waals surface area contributed by atoms with E-state index in [1.807, 2.05) is 30.3 Å². The van der Waals surface area contributed by atoms with Gasteiger partial charge in [-0.05, 0) is 24.3 Å². The third-order valence-corrected chi connectivity index (χ3v) is 2.86. The molecular weight excluding hydrogens is 230 g/mol. The van der Waals surface area contributed by atoms with Crippen LogP contribution >= 0.6 is 0 Å². The van der Waals surface area contributed by atoms with Gasteiger partial charge in [0.1, 0.15) is 0 Å². The van der Waals surface area contributed by atoms with Gasteiger partial charge in [0.05, 0.1) is 19.3 Å². The lowest BCUT2D eigenvalue weighted by molar-refractivity contribution is -0.0230. The highest BCUT2D eigenvalue weighted by molar-refractivity contribution is 5.13. The van der Waals surface area contributed by atoms with Gasteiger partial charge >= 0.3 is 0 Å². The molecule has 0 bridgehead atoms. The topological polar surface area (TPSA) is 50.7 Å². The molecule has 18 heavy (non-hydrogen) atoms. The van der Waals surface area contributed by atoms with Gasteiger partial charge in [-0.2, -0.15) is 5.48 Å². The lowest BCUT2D eigenvalue weighted by atomic mass is 10.2. The minimum absolute atomic E-state index is 0.373. The fourth-order valence-corrected chi connectivity index (χ4v) is 1.58. The van der Waals surface area contributed by atoms with E-state index >= 15 is 0 Å². The first kappa shape index (κ1) is 13.5. The van der Waals surface area contributed by atoms with E-state index in [0.29, 0.717) is 19.8 Å². The Bertz CT molecular complexity index is 327. The molecule has 0 aromatic heterocycles. The van der Waals surface area contributed by atoms with Crippen molar-refractivity contribution in [1.82, 2.24) is 5.48 Å². The van der Waals surface area contributed by atoms with Crippen LogP contribution in [-0.2, 0) is 16.2 Å². The van der Waals surface area contributed by atoms with Gasteiger partial charge in [0.25, 0.3) is 0 Å². The van der Waals surface area contributed by atoms with Crippen molar-refractivity contribution in [2.24, 2.45) is 5.92 Å². The second-order valence-electron chi connectivity index (χ2n) is 4.76. The molecule has 2 N–H and O–H groups in total. The Morgan fingerprint density at radius 2 is 2.06 bits per heavy atom. The van der Waals surface area contributed by atoms with Gasteiger partial charge in [-0.1, -0.05) is 30.3 Å². The van der Waals surface area contributed by atoms with Crippen molar-refractivity contribution in [2.75, 3.05) is 19.8 Å². The first-order valence-corrected chi connectivity index (χ1v) is 6.49. The van der Waals surface area contributed by atoms with Crippen LogP contribution in [0.2, 0.25) is 0 Å². The predicted octanol–water partition coefficient (Wildman–Crippen LogP) is 1.50. The summed E-state index contributed by atoms with van der Waals surface area (Å²) >= 11 is 0. The molecule has 2 rings (SSSR count). The van der Waals surface area contributed by atoms with Crippen LogP contribution in [0.4, 0.5) is 0 Å². The second-order valence-corrected chi connectivity index (χ2v) is 4.76. The first-order valence-electron chi connectivity index (χ1n) is 6.49. The number of rotatable bonds is 9. The average molecular weight is 251 g/mol. The van der Waals surface area contributed by atoms with Crippen LogP contribution in [0.3, 0.4) is 0 Å². The highest BCUT2D eigenvalue weighted by Crippen LogP contribution is 2.28. The van der Waals surface area contributed by atoms with Crippen LogP contribution in [-0.4, -0.2) is 31.0 Å². The number of nitrogens with one attached hydrogen (secondary N) is 1. The van der Waals surface area contributed by atoms with Gasteiger partial charge < -0.3 is 9.84 Å². The molecule has 4 heteroatoms. The van der Waals surface area contributed by atoms with Crippen LogP contribution < -0.4 is 5.48 Å². The molecule has 1 aliphatic rings. The summed E-state index contributed by atoms with van der Waals surface area (Å²) in [6, 6.07) is 9.91. The molecule has 1 saturated carbocycles. The average Bonchev–Trinajstić information content (AvgIpc) is 3.20. The van der Waals surface area contributed by atoms with E-state index in [-0.39, 0.29) is 0 Å². The van der Waals surface area contributed by atoms with E-state index in [1.54, 1.807) is 0 Å². The van der Waals surface area contributed by atoms with Gasteiger partial charge in [0, 0.05) is 13.2 Å². The molecule has 0 saturated heterocycles. The van der Waals surface area contributed by atoms with Crippen LogP contribution in [0.5, 0.6) is 0 Å². The molecule has 0 aliphatic heterocycles. The fraction of sp³-hybridized carbons (Fsp3) is 0.571. The summed E-state index contributed by atoms with van der Waals surface area (Å²) < 4.78 is 5.39. The number of ether oxygens (including phenoxy) is 1. The number of hydroxylamine groups is 1. The number of hydrogen-bond acceptors (Lipinski definition) is 4. The summed E-state index contributed by atoms with van der Waals surface area (Å²) in [5.74, 6) is 0.736. The summed E-state index contributed by atoms with van der Waals surface area (Å²) in [4.78, 5) is 5.26. The van der Waals surface area contributed by atoms with Crippen molar-refractivity contribution in [3.8, 4) is 0 Å². The van der Waals surface area contributed by atoms with E-state index in [4.69, 9.17) is 9.57 Å². The van der Waals surface area contributed by atoms with Crippen molar-refractivity contribution in [3.63, 3.8) is 0 Å². The molecule has 0 spiro atoms. The molecule has 0 amide bonds. The molecule has 4 nitrogen and oxygen atoms in total. The van der Waals surface area contributed by atoms with Crippen molar-refractivity contribution in [1.29, 1.82) is 0 Å². The first-order chi connectivity index (χ1) is 8.84. The highest BCUT2D eigenvalue weighted by Gasteiger charge is 2.21. The highest BCUT2D eigenvalue weighted by atomic mass is 16.6. The number of benzene rings is 1. The Balaban J connectivity index is 1.46. The molecule has 1 unspecified atom stereocenters. The standard InChI is InChI=1S/C14H21NO3/c16-14(11-17-9-13-6-7-13)8-15-18-10-12-4-2-1-3-5-12/h1-5,13-16H,6-11H2. The monoisotopic (exact) mass is 251 g/mol. The third-order valence-electron chi connectivity index (χ3n) is 2.86. The van der Waals surface area contributed by atoms with Crippen LogP contribution in [0, 0.1) is 5.92 Å². The summed E-state index contributed by atoms with van der Waals surface area (Å²) in [7, 11) is 0. The Hall–Kier alpha value is -0.940. The lowest BCUT2D eigenvalue weighted by Gasteiger charge is -2.12. The molecule has 1 aromatic carbocycles. The maximum absolute atomic E-state index is 9.61. The molecule has 1 aromatic rings. The minimum Gasteiger partial charge on any atom is -0.389 e. The Kier molecular flexibility index (Phi) is 5.61. The summed E-state index contributed by atoms with van der Waals surface area (Å²) in [6.45, 7) is 2.04. The Morgan fingerprint density at radius 3 is 2.78 bits per heavy atom. The van der Waals surface area contributed by atoms with E-state index in [1.165, 1.54) is 12.8 Å². The van der Waals surface area contributed by atoms with Crippen molar-refractivity contribution in [2.45, 2.75) is 25.6 Å². The van der Waals surface area contributed by atoms with Gasteiger partial charge in [0.2, 0.25) is 0 Å². The third kappa shape index (κ3) is 5.60. The number of hydrogen-bond donors (Lipinski definition) is 2. The Labute approximate surface area is 108 Å². The maximum Gasteiger partial charge on any atom is 0.0933 e. The van der Waals surface area contributed by atoms with E-state index in [0.717, 1.165) is 18.1 Å². The van der Waals surface area contributed by atoms with E-state index < -0.39 is 6.10 Å². The minimum atomic E-state index is -0.514. The SMILES string of the molecule is OC(CNOCc1ccccc1)COCC1CC1. The van der Waals surface area contributed by atoms with Crippen LogP contribution in [0.1, 0.15) is 18.4 Å². The van der Waals surface area contributed by atoms with Crippen molar-refractivity contribution in [3.05, 3.63) is 35.9 Å². The summed E-state index contributed by atoms with van der Waals surface area (Å²) in [5.41, 5.74) is 3.86. The van der Waals surface area contributed by atoms with E-state index in [9.17, 15) is 5.11 Å². The summed E-state index contributed by atoms with van der Waals surface area (Å²) in [5, 5.41) is 9.61. The molecule has 1 fully saturated rings. The van der Waals surface area contributed by atoms with Gasteiger partial charge in [-0.25, -0.2) is 0 Å². The fourth-order valence-electron chi connectivity index (χ4n) is 1.58. The molecule has 100 valence electrons. The normalized spacial score (nSPS) is 16.7. The number of aliphatic hydroxyl groups excluding tert-OH is 1. The zero-order chi connectivity index (χ0) is 12.6. The van der Waals surface area contributed by atoms with Crippen molar-refractivity contribution < 1.29 is 14.7 Å². The van der Waals surface area contributed by atoms with Crippen molar-refractivity contribution >= 4 is 0 Å². The van der Waals surface area contributed by atoms with Crippen LogP contribution in [0.25, 0.3) is 0 Å². The maximum atomic E-state index is 9.61. The molecule has 1 atom stereocenters. The van der Waals surface area contributed by atoms with E-state index in [2.05, 4.69) is 5.48 Å². The van der Waals surface area contributed by atoms with Gasteiger partial charge in [-0.15, -0.1) is 0 Å². The molecular formula is C14H21NO3. The molecule has 0 radical (unpaired) electrons. The smallest absolute Gasteiger partial charge is 0.0933 e. The zero-order valence-corrected chi connectivity index (χ0v) is 10.5. The zero-order valence-electron chi connectivity index (χ0n) is 10.5. The quantitative estimate of drug-likeness (QED) is 0.516. The second kappa shape index (κ2) is 7.48.